The van der Waals surface area contributed by atoms with Gasteiger partial charge in [0.1, 0.15) is 11.8 Å². The van der Waals surface area contributed by atoms with Crippen LogP contribution in [0.1, 0.15) is 35.3 Å². The zero-order valence-corrected chi connectivity index (χ0v) is 19.5. The van der Waals surface area contributed by atoms with Crippen LogP contribution in [0, 0.1) is 0 Å². The monoisotopic (exact) mass is 494 g/mol. The predicted molar refractivity (Wildman–Crippen MR) is 126 cm³/mol. The van der Waals surface area contributed by atoms with Crippen molar-refractivity contribution in [3.05, 3.63) is 51.5 Å². The van der Waals surface area contributed by atoms with Crippen LogP contribution < -0.4 is 26.4 Å². The van der Waals surface area contributed by atoms with Gasteiger partial charge in [-0.15, -0.1) is 0 Å². The fraction of sp³-hybridized carbons (Fsp3) is 0.318. The summed E-state index contributed by atoms with van der Waals surface area (Å²) in [6, 6.07) is 7.30. The quantitative estimate of drug-likeness (QED) is 0.343. The Bertz CT molecular complexity index is 1080. The number of carbonyl (C=O) groups is 3. The van der Waals surface area contributed by atoms with Crippen LogP contribution in [-0.4, -0.2) is 44.1 Å². The fourth-order valence-corrected chi connectivity index (χ4v) is 3.99. The summed E-state index contributed by atoms with van der Waals surface area (Å²) < 4.78 is 10.2. The number of rotatable bonds is 7. The second kappa shape index (κ2) is 10.7. The number of carbonyl (C=O) groups excluding carboxylic acids is 3. The van der Waals surface area contributed by atoms with Crippen LogP contribution in [0.5, 0.6) is 5.75 Å². The van der Waals surface area contributed by atoms with Crippen LogP contribution in [0.3, 0.4) is 0 Å². The Morgan fingerprint density at radius 1 is 1.24 bits per heavy atom. The summed E-state index contributed by atoms with van der Waals surface area (Å²) in [6.07, 6.45) is 0.675. The van der Waals surface area contributed by atoms with E-state index in [1.54, 1.807) is 12.1 Å². The predicted octanol–water partition coefficient (Wildman–Crippen LogP) is 2.92. The maximum atomic E-state index is 12.6. The average molecular weight is 495 g/mol. The molecule has 0 unspecified atom stereocenters. The topological polar surface area (TPSA) is 132 Å². The number of amides is 2. The van der Waals surface area contributed by atoms with E-state index in [9.17, 15) is 14.4 Å². The van der Waals surface area contributed by atoms with E-state index in [1.165, 1.54) is 26.2 Å². The van der Waals surface area contributed by atoms with Crippen LogP contribution in [0.25, 0.3) is 0 Å². The van der Waals surface area contributed by atoms with Crippen molar-refractivity contribution in [1.82, 2.24) is 10.6 Å². The van der Waals surface area contributed by atoms with Crippen molar-refractivity contribution in [2.45, 2.75) is 25.4 Å². The first-order valence-electron chi connectivity index (χ1n) is 10.1. The van der Waals surface area contributed by atoms with E-state index in [-0.39, 0.29) is 39.8 Å². The molecule has 1 aliphatic heterocycles. The SMILES string of the molecule is COC(=O)[C@H](C)NC(=O)c1c(Cl)ccc(NC(=O)CN[C@H]2CCOc3ccc(N)cc32)c1Cl. The van der Waals surface area contributed by atoms with Gasteiger partial charge in [0.25, 0.3) is 5.91 Å². The molecule has 1 heterocycles. The molecule has 3 rings (SSSR count). The number of fused-ring (bicyclic) bond motifs is 1. The highest BCUT2D eigenvalue weighted by Crippen LogP contribution is 2.34. The maximum absolute atomic E-state index is 12.6. The summed E-state index contributed by atoms with van der Waals surface area (Å²) >= 11 is 12.5. The third kappa shape index (κ3) is 5.87. The van der Waals surface area contributed by atoms with Gasteiger partial charge in [0.05, 0.1) is 41.6 Å². The molecule has 0 saturated carbocycles. The Balaban J connectivity index is 1.67. The average Bonchev–Trinajstić information content (AvgIpc) is 2.79. The smallest absolute Gasteiger partial charge is 0.328 e. The minimum atomic E-state index is -0.909. The van der Waals surface area contributed by atoms with Gasteiger partial charge in [-0.05, 0) is 37.3 Å². The largest absolute Gasteiger partial charge is 0.493 e. The molecule has 2 amide bonds. The summed E-state index contributed by atoms with van der Waals surface area (Å²) in [7, 11) is 1.21. The maximum Gasteiger partial charge on any atom is 0.328 e. The van der Waals surface area contributed by atoms with E-state index in [0.717, 1.165) is 11.3 Å². The Labute approximate surface area is 200 Å². The van der Waals surface area contributed by atoms with Crippen LogP contribution >= 0.6 is 23.2 Å². The number of hydrogen-bond donors (Lipinski definition) is 4. The van der Waals surface area contributed by atoms with Crippen molar-refractivity contribution in [2.75, 3.05) is 31.3 Å². The lowest BCUT2D eigenvalue weighted by Gasteiger charge is -2.27. The van der Waals surface area contributed by atoms with Crippen molar-refractivity contribution < 1.29 is 23.9 Å². The molecule has 0 aliphatic carbocycles. The number of nitrogens with one attached hydrogen (secondary N) is 3. The van der Waals surface area contributed by atoms with E-state index in [1.807, 2.05) is 6.07 Å². The highest BCUT2D eigenvalue weighted by Gasteiger charge is 2.24. The standard InChI is InChI=1S/C22H24Cl2N4O5/c1-11(22(31)32-2)27-21(30)19-14(23)4-5-16(20(19)24)28-18(29)10-26-15-7-8-33-17-6-3-12(25)9-13(15)17/h3-6,9,11,15,26H,7-8,10,25H2,1-2H3,(H,27,30)(H,28,29)/t11-,15-/m0/s1. The second-order valence-corrected chi connectivity index (χ2v) is 8.20. The molecule has 176 valence electrons. The zero-order chi connectivity index (χ0) is 24.1. The van der Waals surface area contributed by atoms with Crippen molar-refractivity contribution in [2.24, 2.45) is 0 Å². The molecular weight excluding hydrogens is 471 g/mol. The van der Waals surface area contributed by atoms with Crippen molar-refractivity contribution >= 4 is 52.4 Å². The van der Waals surface area contributed by atoms with E-state index >= 15 is 0 Å². The molecule has 0 saturated heterocycles. The molecule has 0 radical (unpaired) electrons. The highest BCUT2D eigenvalue weighted by atomic mass is 35.5. The summed E-state index contributed by atoms with van der Waals surface area (Å²) in [5.41, 5.74) is 7.52. The molecule has 2 aromatic rings. The normalized spacial score (nSPS) is 15.6. The first-order valence-corrected chi connectivity index (χ1v) is 10.9. The number of nitrogens with two attached hydrogens (primary N) is 1. The second-order valence-electron chi connectivity index (χ2n) is 7.42. The van der Waals surface area contributed by atoms with Gasteiger partial charge in [-0.3, -0.25) is 9.59 Å². The Morgan fingerprint density at radius 3 is 2.73 bits per heavy atom. The number of hydrogen-bond acceptors (Lipinski definition) is 7. The van der Waals surface area contributed by atoms with Crippen LogP contribution in [0.2, 0.25) is 10.0 Å². The lowest BCUT2D eigenvalue weighted by atomic mass is 10.00. The van der Waals surface area contributed by atoms with Gasteiger partial charge in [0.2, 0.25) is 5.91 Å². The van der Waals surface area contributed by atoms with Gasteiger partial charge in [-0.2, -0.15) is 0 Å². The summed E-state index contributed by atoms with van der Waals surface area (Å²) in [5.74, 6) is -0.938. The molecule has 9 nitrogen and oxygen atoms in total. The molecule has 2 atom stereocenters. The number of benzene rings is 2. The minimum Gasteiger partial charge on any atom is -0.493 e. The van der Waals surface area contributed by atoms with Crippen molar-refractivity contribution in [1.29, 1.82) is 0 Å². The summed E-state index contributed by atoms with van der Waals surface area (Å²) in [4.78, 5) is 36.7. The van der Waals surface area contributed by atoms with Gasteiger partial charge in [-0.1, -0.05) is 23.2 Å². The number of esters is 1. The van der Waals surface area contributed by atoms with Gasteiger partial charge in [-0.25, -0.2) is 4.79 Å². The van der Waals surface area contributed by atoms with Gasteiger partial charge in [0, 0.05) is 23.7 Å². The van der Waals surface area contributed by atoms with E-state index in [2.05, 4.69) is 20.7 Å². The van der Waals surface area contributed by atoms with Crippen molar-refractivity contribution in [3.8, 4) is 5.75 Å². The molecule has 0 fully saturated rings. The van der Waals surface area contributed by atoms with Gasteiger partial charge >= 0.3 is 5.97 Å². The minimum absolute atomic E-state index is 0.0151. The summed E-state index contributed by atoms with van der Waals surface area (Å²) in [6.45, 7) is 1.96. The number of methoxy groups -OCH3 is 1. The van der Waals surface area contributed by atoms with E-state index in [0.29, 0.717) is 18.7 Å². The Morgan fingerprint density at radius 2 is 2.00 bits per heavy atom. The number of ether oxygens (including phenoxy) is 2. The zero-order valence-electron chi connectivity index (χ0n) is 18.0. The molecule has 11 heteroatoms. The first kappa shape index (κ1) is 24.6. The van der Waals surface area contributed by atoms with Crippen LogP contribution in [-0.2, 0) is 14.3 Å². The molecule has 33 heavy (non-hydrogen) atoms. The number of halogens is 2. The van der Waals surface area contributed by atoms with E-state index < -0.39 is 17.9 Å². The molecular formula is C22H24Cl2N4O5. The molecule has 0 bridgehead atoms. The molecule has 5 N–H and O–H groups in total. The fourth-order valence-electron chi connectivity index (χ4n) is 3.40. The van der Waals surface area contributed by atoms with E-state index in [4.69, 9.17) is 33.7 Å². The van der Waals surface area contributed by atoms with Gasteiger partial charge < -0.3 is 31.2 Å². The van der Waals surface area contributed by atoms with Crippen molar-refractivity contribution in [3.63, 3.8) is 0 Å². The summed E-state index contributed by atoms with van der Waals surface area (Å²) in [5, 5.41) is 8.35. The Hall–Kier alpha value is -3.01. The lowest BCUT2D eigenvalue weighted by molar-refractivity contribution is -0.142. The Kier molecular flexibility index (Phi) is 8.01. The first-order chi connectivity index (χ1) is 15.7. The molecule has 0 spiro atoms. The van der Waals surface area contributed by atoms with Crippen LogP contribution in [0.15, 0.2) is 30.3 Å². The van der Waals surface area contributed by atoms with Gasteiger partial charge in [0.15, 0.2) is 0 Å². The molecule has 2 aromatic carbocycles. The molecule has 0 aromatic heterocycles. The van der Waals surface area contributed by atoms with Crippen LogP contribution in [0.4, 0.5) is 11.4 Å². The third-order valence-corrected chi connectivity index (χ3v) is 5.78. The molecule has 1 aliphatic rings. The lowest BCUT2D eigenvalue weighted by Crippen LogP contribution is -2.39. The number of nitrogen functional groups attached to an aromatic ring is 1. The highest BCUT2D eigenvalue weighted by molar-refractivity contribution is 6.41. The number of anilines is 2. The third-order valence-electron chi connectivity index (χ3n) is 5.08.